The summed E-state index contributed by atoms with van der Waals surface area (Å²) in [6.07, 6.45) is 0. The zero-order chi connectivity index (χ0) is 10.4. The molecule has 1 aliphatic heterocycles. The third-order valence-corrected chi connectivity index (χ3v) is 3.71. The van der Waals surface area contributed by atoms with E-state index < -0.39 is 0 Å². The smallest absolute Gasteiger partial charge is 0.152 e. The third kappa shape index (κ3) is 2.53. The molecule has 0 spiro atoms. The molecule has 0 radical (unpaired) electrons. The molecule has 4 heteroatoms. The number of hydrogen-bond acceptors (Lipinski definition) is 3. The highest BCUT2D eigenvalue weighted by molar-refractivity contribution is 7.12. The fourth-order valence-electron chi connectivity index (χ4n) is 1.87. The molecule has 1 aliphatic rings. The van der Waals surface area contributed by atoms with Gasteiger partial charge in [-0.15, -0.1) is 23.7 Å². The van der Waals surface area contributed by atoms with Crippen molar-refractivity contribution in [2.75, 3.05) is 6.61 Å². The van der Waals surface area contributed by atoms with Gasteiger partial charge in [-0.25, -0.2) is 0 Å². The standard InChI is InChI=1S/C11H17NOS.ClH/c1-8-5-6-9(14-8)11(4)12-10(2,3)7-13-11;/h5-6,12H,7H2,1-4H3;1H. The highest BCUT2D eigenvalue weighted by Gasteiger charge is 2.42. The van der Waals surface area contributed by atoms with Crippen molar-refractivity contribution in [1.82, 2.24) is 5.32 Å². The number of thiophene rings is 1. The molecular formula is C11H18ClNOS. The van der Waals surface area contributed by atoms with Crippen LogP contribution in [0.25, 0.3) is 0 Å². The first-order chi connectivity index (χ1) is 6.41. The Bertz CT molecular complexity index is 350. The summed E-state index contributed by atoms with van der Waals surface area (Å²) in [7, 11) is 0. The van der Waals surface area contributed by atoms with Crippen LogP contribution in [0.15, 0.2) is 12.1 Å². The second-order valence-electron chi connectivity index (χ2n) is 4.74. The first-order valence-electron chi connectivity index (χ1n) is 4.92. The Kier molecular flexibility index (Phi) is 3.51. The van der Waals surface area contributed by atoms with Crippen LogP contribution in [0.5, 0.6) is 0 Å². The van der Waals surface area contributed by atoms with Crippen LogP contribution in [-0.2, 0) is 10.5 Å². The maximum absolute atomic E-state index is 5.85. The minimum Gasteiger partial charge on any atom is -0.354 e. The van der Waals surface area contributed by atoms with Crippen molar-refractivity contribution in [1.29, 1.82) is 0 Å². The average Bonchev–Trinajstić information content (AvgIpc) is 2.57. The predicted molar refractivity (Wildman–Crippen MR) is 66.8 cm³/mol. The van der Waals surface area contributed by atoms with Crippen LogP contribution in [-0.4, -0.2) is 12.1 Å². The molecule has 15 heavy (non-hydrogen) atoms. The zero-order valence-corrected chi connectivity index (χ0v) is 11.2. The number of halogens is 1. The fourth-order valence-corrected chi connectivity index (χ4v) is 2.79. The molecule has 1 aromatic heterocycles. The van der Waals surface area contributed by atoms with Crippen molar-refractivity contribution in [3.63, 3.8) is 0 Å². The lowest BCUT2D eigenvalue weighted by Crippen LogP contribution is -2.44. The minimum absolute atomic E-state index is 0. The maximum atomic E-state index is 5.85. The molecule has 86 valence electrons. The van der Waals surface area contributed by atoms with E-state index in [9.17, 15) is 0 Å². The SMILES string of the molecule is Cc1ccc(C2(C)NC(C)(C)CO2)s1.Cl. The lowest BCUT2D eigenvalue weighted by atomic mass is 10.1. The summed E-state index contributed by atoms with van der Waals surface area (Å²) >= 11 is 1.80. The monoisotopic (exact) mass is 247 g/mol. The van der Waals surface area contributed by atoms with Gasteiger partial charge in [0.2, 0.25) is 0 Å². The van der Waals surface area contributed by atoms with Gasteiger partial charge < -0.3 is 4.74 Å². The molecule has 0 amide bonds. The van der Waals surface area contributed by atoms with Gasteiger partial charge >= 0.3 is 0 Å². The Morgan fingerprint density at radius 1 is 1.33 bits per heavy atom. The summed E-state index contributed by atoms with van der Waals surface area (Å²) in [5.74, 6) is 0. The molecule has 1 atom stereocenters. The molecule has 1 saturated heterocycles. The second-order valence-corrected chi connectivity index (χ2v) is 6.03. The number of ether oxygens (including phenoxy) is 1. The molecule has 0 bridgehead atoms. The molecule has 0 aromatic carbocycles. The highest BCUT2D eigenvalue weighted by Crippen LogP contribution is 2.35. The van der Waals surface area contributed by atoms with Crippen molar-refractivity contribution < 1.29 is 4.74 Å². The van der Waals surface area contributed by atoms with E-state index in [1.54, 1.807) is 11.3 Å². The third-order valence-electron chi connectivity index (χ3n) is 2.51. The highest BCUT2D eigenvalue weighted by atomic mass is 35.5. The number of aryl methyl sites for hydroxylation is 1. The molecule has 1 aromatic rings. The molecule has 2 heterocycles. The van der Waals surface area contributed by atoms with E-state index in [0.717, 1.165) is 6.61 Å². The molecule has 1 unspecified atom stereocenters. The minimum atomic E-state index is -0.289. The van der Waals surface area contributed by atoms with E-state index >= 15 is 0 Å². The lowest BCUT2D eigenvalue weighted by molar-refractivity contribution is 0.00530. The Morgan fingerprint density at radius 3 is 2.40 bits per heavy atom. The Morgan fingerprint density at radius 2 is 2.00 bits per heavy atom. The first kappa shape index (κ1) is 13.0. The van der Waals surface area contributed by atoms with Crippen LogP contribution in [0.1, 0.15) is 30.5 Å². The Balaban J connectivity index is 0.00000112. The second kappa shape index (κ2) is 4.06. The molecule has 0 saturated carbocycles. The Labute approximate surface area is 101 Å². The zero-order valence-electron chi connectivity index (χ0n) is 9.59. The molecular weight excluding hydrogens is 230 g/mol. The lowest BCUT2D eigenvalue weighted by Gasteiger charge is -2.25. The number of nitrogens with one attached hydrogen (secondary N) is 1. The van der Waals surface area contributed by atoms with E-state index in [-0.39, 0.29) is 23.7 Å². The van der Waals surface area contributed by atoms with Gasteiger partial charge in [-0.2, -0.15) is 0 Å². The number of hydrogen-bond donors (Lipinski definition) is 1. The van der Waals surface area contributed by atoms with Crippen molar-refractivity contribution in [3.05, 3.63) is 21.9 Å². The van der Waals surface area contributed by atoms with E-state index in [4.69, 9.17) is 4.74 Å². The van der Waals surface area contributed by atoms with Crippen molar-refractivity contribution >= 4 is 23.7 Å². The average molecular weight is 248 g/mol. The van der Waals surface area contributed by atoms with Crippen LogP contribution in [0.4, 0.5) is 0 Å². The molecule has 1 fully saturated rings. The van der Waals surface area contributed by atoms with E-state index in [1.165, 1.54) is 9.75 Å². The van der Waals surface area contributed by atoms with Gasteiger partial charge in [0, 0.05) is 10.4 Å². The quantitative estimate of drug-likeness (QED) is 0.824. The van der Waals surface area contributed by atoms with Crippen LogP contribution in [0.2, 0.25) is 0 Å². The van der Waals surface area contributed by atoms with Gasteiger partial charge in [-0.1, -0.05) is 0 Å². The summed E-state index contributed by atoms with van der Waals surface area (Å²) in [5.41, 5.74) is -0.213. The van der Waals surface area contributed by atoms with Gasteiger partial charge in [0.15, 0.2) is 5.72 Å². The van der Waals surface area contributed by atoms with Gasteiger partial charge in [-0.05, 0) is 39.8 Å². The Hall–Kier alpha value is -0.0900. The summed E-state index contributed by atoms with van der Waals surface area (Å²) in [6, 6.07) is 4.29. The van der Waals surface area contributed by atoms with E-state index in [1.807, 2.05) is 0 Å². The van der Waals surface area contributed by atoms with E-state index in [0.29, 0.717) is 0 Å². The van der Waals surface area contributed by atoms with Crippen molar-refractivity contribution in [3.8, 4) is 0 Å². The topological polar surface area (TPSA) is 21.3 Å². The number of rotatable bonds is 1. The summed E-state index contributed by atoms with van der Waals surface area (Å²) in [5, 5.41) is 3.52. The van der Waals surface area contributed by atoms with Crippen LogP contribution < -0.4 is 5.32 Å². The van der Waals surface area contributed by atoms with Crippen molar-refractivity contribution in [2.24, 2.45) is 0 Å². The fraction of sp³-hybridized carbons (Fsp3) is 0.636. The van der Waals surface area contributed by atoms with Crippen LogP contribution >= 0.6 is 23.7 Å². The van der Waals surface area contributed by atoms with Crippen LogP contribution in [0, 0.1) is 6.92 Å². The predicted octanol–water partition coefficient (Wildman–Crippen LogP) is 3.05. The van der Waals surface area contributed by atoms with Gasteiger partial charge in [0.1, 0.15) is 0 Å². The largest absolute Gasteiger partial charge is 0.354 e. The van der Waals surface area contributed by atoms with Crippen LogP contribution in [0.3, 0.4) is 0 Å². The first-order valence-corrected chi connectivity index (χ1v) is 5.73. The normalized spacial score (nSPS) is 28.8. The molecule has 0 aliphatic carbocycles. The molecule has 2 nitrogen and oxygen atoms in total. The van der Waals surface area contributed by atoms with E-state index in [2.05, 4.69) is 45.1 Å². The molecule has 1 N–H and O–H groups in total. The maximum Gasteiger partial charge on any atom is 0.152 e. The van der Waals surface area contributed by atoms with Gasteiger partial charge in [0.05, 0.1) is 11.5 Å². The van der Waals surface area contributed by atoms with Gasteiger partial charge in [-0.3, -0.25) is 5.32 Å². The summed E-state index contributed by atoms with van der Waals surface area (Å²) in [4.78, 5) is 2.59. The summed E-state index contributed by atoms with van der Waals surface area (Å²) < 4.78 is 5.85. The molecule has 2 rings (SSSR count). The van der Waals surface area contributed by atoms with Crippen molar-refractivity contribution in [2.45, 2.75) is 39.0 Å². The summed E-state index contributed by atoms with van der Waals surface area (Å²) in [6.45, 7) is 9.32. The van der Waals surface area contributed by atoms with Gasteiger partial charge in [0.25, 0.3) is 0 Å².